The lowest BCUT2D eigenvalue weighted by atomic mass is 9.99. The van der Waals surface area contributed by atoms with E-state index in [1.165, 1.54) is 10.8 Å². The van der Waals surface area contributed by atoms with Gasteiger partial charge in [0.1, 0.15) is 0 Å². The highest BCUT2D eigenvalue weighted by molar-refractivity contribution is 6.13. The second kappa shape index (κ2) is 17.4. The third kappa shape index (κ3) is 7.08. The number of hydrogen-bond donors (Lipinski definition) is 0. The normalized spacial score (nSPS) is 11.3. The van der Waals surface area contributed by atoms with E-state index in [2.05, 4.69) is 146 Å². The third-order valence-corrected chi connectivity index (χ3v) is 13.6. The van der Waals surface area contributed by atoms with Crippen molar-refractivity contribution >= 4 is 55.0 Å². The zero-order valence-electron chi connectivity index (χ0n) is 38.6. The second-order valence-corrected chi connectivity index (χ2v) is 17.7. The van der Waals surface area contributed by atoms with Crippen molar-refractivity contribution in [1.82, 2.24) is 24.1 Å². The fraction of sp³-hybridized carbons (Fsp3) is 0. The molecule has 3 aromatic heterocycles. The standard InChI is InChI=1S/C65H39N7/c1-66-56-27-15-12-24-49(56)46-32-36-59-53(39-46)54-40-47(50-25-13-16-28-57(50)67-2)33-37-60(54)72(59)61-35-31-44(45-30-34-52-51-26-14-17-29-58(51)71(62(52)41-45)48-22-10-5-11-23-48)38-55(61)65-69-63(42-18-6-3-7-19-42)68-64(70-65)43-20-8-4-9-21-43/h3-41H. The van der Waals surface area contributed by atoms with E-state index in [0.717, 1.165) is 94.3 Å². The molecule has 3 heterocycles. The van der Waals surface area contributed by atoms with Crippen LogP contribution in [0.3, 0.4) is 0 Å². The Bertz CT molecular complexity index is 4180. The Kier molecular flexibility index (Phi) is 10.1. The first-order valence-corrected chi connectivity index (χ1v) is 23.7. The molecule has 0 amide bonds. The summed E-state index contributed by atoms with van der Waals surface area (Å²) in [4.78, 5) is 23.6. The SMILES string of the molecule is [C-]#[N+]c1ccccc1-c1ccc2c(c1)c1cc(-c3ccccc3[N+]#[C-])ccc1n2-c1ccc(-c2ccc3c4ccccc4n(-c4ccccc4)c3c2)cc1-c1nc(-c2ccccc2)nc(-c2ccccc2)n1. The first kappa shape index (κ1) is 41.9. The van der Waals surface area contributed by atoms with Crippen molar-refractivity contribution in [3.05, 3.63) is 259 Å². The monoisotopic (exact) mass is 917 g/mol. The summed E-state index contributed by atoms with van der Waals surface area (Å²) >= 11 is 0. The molecule has 0 saturated carbocycles. The van der Waals surface area contributed by atoms with Gasteiger partial charge in [-0.25, -0.2) is 24.6 Å². The zero-order valence-corrected chi connectivity index (χ0v) is 38.6. The summed E-state index contributed by atoms with van der Waals surface area (Å²) < 4.78 is 4.66. The number of nitrogens with zero attached hydrogens (tertiary/aromatic N) is 7. The lowest BCUT2D eigenvalue weighted by molar-refractivity contribution is 1.06. The lowest BCUT2D eigenvalue weighted by Crippen LogP contribution is -2.04. The van der Waals surface area contributed by atoms with Crippen molar-refractivity contribution in [2.45, 2.75) is 0 Å². The van der Waals surface area contributed by atoms with Gasteiger partial charge >= 0.3 is 0 Å². The maximum absolute atomic E-state index is 8.03. The topological polar surface area (TPSA) is 57.2 Å². The predicted octanol–water partition coefficient (Wildman–Crippen LogP) is 17.2. The molecule has 0 unspecified atom stereocenters. The van der Waals surface area contributed by atoms with Crippen LogP contribution in [-0.2, 0) is 0 Å². The molecule has 0 aliphatic heterocycles. The van der Waals surface area contributed by atoms with Crippen LogP contribution in [0.4, 0.5) is 11.4 Å². The first-order chi connectivity index (χ1) is 35.6. The molecule has 0 spiro atoms. The van der Waals surface area contributed by atoms with E-state index in [1.54, 1.807) is 0 Å². The van der Waals surface area contributed by atoms with Crippen molar-refractivity contribution in [3.63, 3.8) is 0 Å². The van der Waals surface area contributed by atoms with E-state index >= 15 is 0 Å². The molecule has 13 aromatic rings. The number of hydrogen-bond acceptors (Lipinski definition) is 3. The van der Waals surface area contributed by atoms with Crippen molar-refractivity contribution < 1.29 is 0 Å². The van der Waals surface area contributed by atoms with Crippen LogP contribution in [0.2, 0.25) is 0 Å². The smallest absolute Gasteiger partial charge is 0.194 e. The van der Waals surface area contributed by atoms with Gasteiger partial charge in [-0.1, -0.05) is 176 Å². The Morgan fingerprint density at radius 3 is 1.35 bits per heavy atom. The minimum absolute atomic E-state index is 0.527. The van der Waals surface area contributed by atoms with Gasteiger partial charge in [0.2, 0.25) is 0 Å². The molecule has 334 valence electrons. The number of benzene rings is 10. The summed E-state index contributed by atoms with van der Waals surface area (Å²) in [7, 11) is 0. The molecular formula is C65H39N7. The summed E-state index contributed by atoms with van der Waals surface area (Å²) in [6, 6.07) is 81.1. The number of rotatable bonds is 8. The summed E-state index contributed by atoms with van der Waals surface area (Å²) in [6.45, 7) is 16.1. The van der Waals surface area contributed by atoms with E-state index in [-0.39, 0.29) is 0 Å². The van der Waals surface area contributed by atoms with Gasteiger partial charge in [0.05, 0.1) is 40.9 Å². The molecule has 72 heavy (non-hydrogen) atoms. The molecule has 0 saturated heterocycles. The molecule has 10 aromatic carbocycles. The molecule has 0 radical (unpaired) electrons. The molecule has 0 aliphatic carbocycles. The molecule has 0 fully saturated rings. The molecule has 13 rings (SSSR count). The van der Waals surface area contributed by atoms with Crippen molar-refractivity contribution in [1.29, 1.82) is 0 Å². The summed E-state index contributed by atoms with van der Waals surface area (Å²) in [5, 5.41) is 4.38. The van der Waals surface area contributed by atoms with Gasteiger partial charge in [-0.05, 0) is 94.0 Å². The average Bonchev–Trinajstić information content (AvgIpc) is 3.97. The van der Waals surface area contributed by atoms with Crippen molar-refractivity contribution in [2.75, 3.05) is 0 Å². The van der Waals surface area contributed by atoms with Crippen LogP contribution in [0.15, 0.2) is 237 Å². The zero-order chi connectivity index (χ0) is 48.1. The molecule has 7 heteroatoms. The quantitative estimate of drug-likeness (QED) is 0.143. The number of para-hydroxylation sites is 4. The highest BCUT2D eigenvalue weighted by Crippen LogP contribution is 2.43. The molecule has 0 atom stereocenters. The Labute approximate surface area is 415 Å². The average molecular weight is 918 g/mol. The third-order valence-electron chi connectivity index (χ3n) is 13.6. The molecule has 7 nitrogen and oxygen atoms in total. The minimum atomic E-state index is 0.527. The fourth-order valence-corrected chi connectivity index (χ4v) is 10.3. The van der Waals surface area contributed by atoms with E-state index in [1.807, 2.05) is 109 Å². The maximum atomic E-state index is 8.03. The number of aromatic nitrogens is 5. The van der Waals surface area contributed by atoms with Crippen LogP contribution in [0.25, 0.3) is 132 Å². The molecule has 0 N–H and O–H groups in total. The van der Waals surface area contributed by atoms with Crippen LogP contribution in [-0.4, -0.2) is 24.1 Å². The van der Waals surface area contributed by atoms with Crippen molar-refractivity contribution in [3.8, 4) is 78.9 Å². The summed E-state index contributed by atoms with van der Waals surface area (Å²) in [6.07, 6.45) is 0. The van der Waals surface area contributed by atoms with Crippen LogP contribution < -0.4 is 0 Å². The molecule has 0 aliphatic rings. The minimum Gasteiger partial charge on any atom is -0.309 e. The van der Waals surface area contributed by atoms with Gasteiger partial charge < -0.3 is 9.13 Å². The van der Waals surface area contributed by atoms with E-state index in [4.69, 9.17) is 28.1 Å². The lowest BCUT2D eigenvalue weighted by Gasteiger charge is -2.17. The van der Waals surface area contributed by atoms with E-state index in [0.29, 0.717) is 28.8 Å². The highest BCUT2D eigenvalue weighted by Gasteiger charge is 2.23. The molecular weight excluding hydrogens is 879 g/mol. The van der Waals surface area contributed by atoms with Crippen LogP contribution >= 0.6 is 0 Å². The Morgan fingerprint density at radius 1 is 0.292 bits per heavy atom. The predicted molar refractivity (Wildman–Crippen MR) is 294 cm³/mol. The fourth-order valence-electron chi connectivity index (χ4n) is 10.3. The van der Waals surface area contributed by atoms with Crippen LogP contribution in [0.1, 0.15) is 0 Å². The van der Waals surface area contributed by atoms with Gasteiger partial charge in [0.25, 0.3) is 0 Å². The van der Waals surface area contributed by atoms with Crippen LogP contribution in [0.5, 0.6) is 0 Å². The van der Waals surface area contributed by atoms with E-state index in [9.17, 15) is 0 Å². The second-order valence-electron chi connectivity index (χ2n) is 17.7. The summed E-state index contributed by atoms with van der Waals surface area (Å²) in [5.74, 6) is 1.66. The van der Waals surface area contributed by atoms with Gasteiger partial charge in [0, 0.05) is 43.9 Å². The highest BCUT2D eigenvalue weighted by atomic mass is 15.1. The van der Waals surface area contributed by atoms with Gasteiger partial charge in [-0.15, -0.1) is 0 Å². The van der Waals surface area contributed by atoms with Gasteiger partial charge in [-0.3, -0.25) is 0 Å². The van der Waals surface area contributed by atoms with Gasteiger partial charge in [-0.2, -0.15) is 0 Å². The maximum Gasteiger partial charge on any atom is 0.194 e. The van der Waals surface area contributed by atoms with Crippen molar-refractivity contribution in [2.24, 2.45) is 0 Å². The Balaban J connectivity index is 1.10. The Morgan fingerprint density at radius 2 is 0.750 bits per heavy atom. The van der Waals surface area contributed by atoms with E-state index < -0.39 is 0 Å². The number of fused-ring (bicyclic) bond motifs is 6. The van der Waals surface area contributed by atoms with Crippen LogP contribution in [0, 0.1) is 13.1 Å². The summed E-state index contributed by atoms with van der Waals surface area (Å²) in [5.41, 5.74) is 15.6. The largest absolute Gasteiger partial charge is 0.309 e. The first-order valence-electron chi connectivity index (χ1n) is 23.7. The van der Waals surface area contributed by atoms with Gasteiger partial charge in [0.15, 0.2) is 28.8 Å². The Hall–Kier alpha value is -10.2. The molecule has 0 bridgehead atoms.